The Morgan fingerprint density at radius 2 is 1.88 bits per heavy atom. The summed E-state index contributed by atoms with van der Waals surface area (Å²) in [5.41, 5.74) is -0.373. The van der Waals surface area contributed by atoms with Crippen LogP contribution in [0.4, 0.5) is 0 Å². The van der Waals surface area contributed by atoms with E-state index in [1.807, 2.05) is 0 Å². The topological polar surface area (TPSA) is 118 Å². The molecule has 33 heavy (non-hydrogen) atoms. The zero-order valence-corrected chi connectivity index (χ0v) is 18.9. The van der Waals surface area contributed by atoms with Crippen LogP contribution >= 0.6 is 0 Å². The molecule has 4 aliphatic rings. The Bertz CT molecular complexity index is 984. The van der Waals surface area contributed by atoms with E-state index in [9.17, 15) is 19.2 Å². The molecule has 3 heterocycles. The highest BCUT2D eigenvalue weighted by Gasteiger charge is 2.71. The summed E-state index contributed by atoms with van der Waals surface area (Å²) in [6.45, 7) is 4.82. The highest BCUT2D eigenvalue weighted by Crippen LogP contribution is 2.68. The number of furan rings is 1. The van der Waals surface area contributed by atoms with Crippen molar-refractivity contribution in [1.29, 1.82) is 0 Å². The van der Waals surface area contributed by atoms with Crippen molar-refractivity contribution in [3.05, 3.63) is 24.2 Å². The second-order valence-electron chi connectivity index (χ2n) is 10.1. The third-order valence-corrected chi connectivity index (χ3v) is 8.41. The smallest absolute Gasteiger partial charge is 0.313 e. The van der Waals surface area contributed by atoms with Crippen LogP contribution in [0.1, 0.15) is 58.1 Å². The van der Waals surface area contributed by atoms with Gasteiger partial charge in [-0.05, 0) is 43.1 Å². The van der Waals surface area contributed by atoms with Gasteiger partial charge in [0.15, 0.2) is 6.10 Å². The second kappa shape index (κ2) is 7.60. The molecule has 1 aromatic rings. The summed E-state index contributed by atoms with van der Waals surface area (Å²) in [5, 5.41) is 0. The van der Waals surface area contributed by atoms with Gasteiger partial charge < -0.3 is 23.4 Å². The van der Waals surface area contributed by atoms with Crippen molar-refractivity contribution in [2.75, 3.05) is 6.61 Å². The molecule has 9 heteroatoms. The maximum absolute atomic E-state index is 13.1. The molecule has 5 rings (SSSR count). The van der Waals surface area contributed by atoms with E-state index in [0.29, 0.717) is 25.7 Å². The number of carbonyl (C=O) groups excluding carboxylic acids is 4. The van der Waals surface area contributed by atoms with E-state index in [-0.39, 0.29) is 24.4 Å². The minimum absolute atomic E-state index is 0.182. The molecular formula is C24H28O9. The summed E-state index contributed by atoms with van der Waals surface area (Å²) < 4.78 is 27.8. The Morgan fingerprint density at radius 1 is 1.12 bits per heavy atom. The zero-order chi connectivity index (χ0) is 23.5. The maximum Gasteiger partial charge on any atom is 0.313 e. The van der Waals surface area contributed by atoms with Gasteiger partial charge in [0.1, 0.15) is 18.1 Å². The first-order valence-electron chi connectivity index (χ1n) is 11.4. The molecule has 0 amide bonds. The van der Waals surface area contributed by atoms with Crippen LogP contribution in [0.5, 0.6) is 0 Å². The van der Waals surface area contributed by atoms with Crippen molar-refractivity contribution < 1.29 is 42.5 Å². The van der Waals surface area contributed by atoms with Crippen molar-refractivity contribution >= 4 is 23.9 Å². The molecule has 0 radical (unpaired) electrons. The van der Waals surface area contributed by atoms with Gasteiger partial charge in [0.25, 0.3) is 0 Å². The summed E-state index contributed by atoms with van der Waals surface area (Å²) in [4.78, 5) is 50.0. The number of ether oxygens (including phenoxy) is 4. The standard InChI is InChI=1S/C24H28O9/c1-12(25)31-16-8-18-23(3)9-17(14-5-7-29-10-14)33-21(27)15(23)4-6-24(18)11-30-22(28)19(24)20(16)32-13(2)26/h5,7,10,15-20H,4,6,8-9,11H2,1-3H3/t15-,16-,17+,18+,19-,20-,23-,24-/m0/s1. The number of carbonyl (C=O) groups is 4. The Balaban J connectivity index is 1.58. The van der Waals surface area contributed by atoms with Crippen LogP contribution in [-0.4, -0.2) is 42.7 Å². The number of hydrogen-bond acceptors (Lipinski definition) is 9. The van der Waals surface area contributed by atoms with Crippen molar-refractivity contribution in [1.82, 2.24) is 0 Å². The number of cyclic esters (lactones) is 2. The molecule has 0 N–H and O–H groups in total. The summed E-state index contributed by atoms with van der Waals surface area (Å²) >= 11 is 0. The molecule has 178 valence electrons. The van der Waals surface area contributed by atoms with Gasteiger partial charge in [0, 0.05) is 24.8 Å². The molecule has 4 fully saturated rings. The van der Waals surface area contributed by atoms with E-state index in [4.69, 9.17) is 23.4 Å². The van der Waals surface area contributed by atoms with Gasteiger partial charge in [-0.1, -0.05) is 6.92 Å². The van der Waals surface area contributed by atoms with Gasteiger partial charge in [-0.15, -0.1) is 0 Å². The molecule has 2 aliphatic heterocycles. The van der Waals surface area contributed by atoms with Gasteiger partial charge in [-0.2, -0.15) is 0 Å². The van der Waals surface area contributed by atoms with Gasteiger partial charge in [-0.3, -0.25) is 19.2 Å². The van der Waals surface area contributed by atoms with Crippen molar-refractivity contribution in [2.45, 2.75) is 64.8 Å². The third-order valence-electron chi connectivity index (χ3n) is 8.41. The van der Waals surface area contributed by atoms with Crippen LogP contribution in [0.3, 0.4) is 0 Å². The minimum atomic E-state index is -0.919. The largest absolute Gasteiger partial charge is 0.472 e. The van der Waals surface area contributed by atoms with Crippen LogP contribution in [0.25, 0.3) is 0 Å². The van der Waals surface area contributed by atoms with Gasteiger partial charge in [0.2, 0.25) is 0 Å². The van der Waals surface area contributed by atoms with E-state index < -0.39 is 53.0 Å². The predicted molar refractivity (Wildman–Crippen MR) is 109 cm³/mol. The fourth-order valence-corrected chi connectivity index (χ4v) is 7.17. The number of esters is 4. The molecule has 0 bridgehead atoms. The van der Waals surface area contributed by atoms with Crippen LogP contribution < -0.4 is 0 Å². The lowest BCUT2D eigenvalue weighted by molar-refractivity contribution is -0.227. The Labute approximate surface area is 191 Å². The Kier molecular flexibility index (Phi) is 5.06. The molecule has 1 spiro atoms. The summed E-state index contributed by atoms with van der Waals surface area (Å²) in [6.07, 6.45) is 2.93. The van der Waals surface area contributed by atoms with E-state index in [1.54, 1.807) is 18.6 Å². The first-order valence-corrected chi connectivity index (χ1v) is 11.4. The van der Waals surface area contributed by atoms with Crippen molar-refractivity contribution in [3.63, 3.8) is 0 Å². The van der Waals surface area contributed by atoms with Gasteiger partial charge in [-0.25, -0.2) is 0 Å². The van der Waals surface area contributed by atoms with E-state index in [2.05, 4.69) is 6.92 Å². The molecule has 2 saturated carbocycles. The number of fused-ring (bicyclic) bond motifs is 2. The van der Waals surface area contributed by atoms with Crippen LogP contribution in [0.2, 0.25) is 0 Å². The molecule has 2 saturated heterocycles. The van der Waals surface area contributed by atoms with Crippen LogP contribution in [0, 0.1) is 28.6 Å². The van der Waals surface area contributed by atoms with Gasteiger partial charge >= 0.3 is 23.9 Å². The van der Waals surface area contributed by atoms with E-state index in [0.717, 1.165) is 5.56 Å². The van der Waals surface area contributed by atoms with Crippen LogP contribution in [-0.2, 0) is 38.1 Å². The van der Waals surface area contributed by atoms with Gasteiger partial charge in [0.05, 0.1) is 25.1 Å². The maximum atomic E-state index is 13.1. The Hall–Kier alpha value is -2.84. The highest BCUT2D eigenvalue weighted by molar-refractivity contribution is 5.79. The molecule has 0 aromatic carbocycles. The third kappa shape index (κ3) is 3.27. The lowest BCUT2D eigenvalue weighted by atomic mass is 9.43. The molecular weight excluding hydrogens is 432 g/mol. The SMILES string of the molecule is CC(=O)O[C@H]1[C@@H](OC(C)=O)C[C@@H]2[C@@]3(C)C[C@H](c4ccoc4)OC(=O)[C@@H]3CC[C@]23COC(=O)[C@H]13. The quantitative estimate of drug-likeness (QED) is 0.495. The average Bonchev–Trinajstić information content (AvgIpc) is 3.37. The molecule has 9 nitrogen and oxygen atoms in total. The summed E-state index contributed by atoms with van der Waals surface area (Å²) in [7, 11) is 0. The summed E-state index contributed by atoms with van der Waals surface area (Å²) in [6, 6.07) is 1.78. The lowest BCUT2D eigenvalue weighted by Gasteiger charge is -2.61. The molecule has 1 aromatic heterocycles. The number of rotatable bonds is 3. The van der Waals surface area contributed by atoms with E-state index in [1.165, 1.54) is 13.8 Å². The molecule has 8 atom stereocenters. The zero-order valence-electron chi connectivity index (χ0n) is 18.9. The molecule has 2 aliphatic carbocycles. The van der Waals surface area contributed by atoms with Crippen molar-refractivity contribution in [3.8, 4) is 0 Å². The normalized spacial score (nSPS) is 41.7. The number of hydrogen-bond donors (Lipinski definition) is 0. The van der Waals surface area contributed by atoms with E-state index >= 15 is 0 Å². The monoisotopic (exact) mass is 460 g/mol. The van der Waals surface area contributed by atoms with Crippen LogP contribution in [0.15, 0.2) is 23.0 Å². The second-order valence-corrected chi connectivity index (χ2v) is 10.1. The van der Waals surface area contributed by atoms with Crippen molar-refractivity contribution in [2.24, 2.45) is 28.6 Å². The Morgan fingerprint density at radius 3 is 2.55 bits per heavy atom. The molecule has 0 unspecified atom stereocenters. The summed E-state index contributed by atoms with van der Waals surface area (Å²) in [5.74, 6) is -3.07. The first kappa shape index (κ1) is 22.0. The lowest BCUT2D eigenvalue weighted by Crippen LogP contribution is -2.65. The fraction of sp³-hybridized carbons (Fsp3) is 0.667. The fourth-order valence-electron chi connectivity index (χ4n) is 7.17. The average molecular weight is 460 g/mol. The highest BCUT2D eigenvalue weighted by atomic mass is 16.6. The minimum Gasteiger partial charge on any atom is -0.472 e. The first-order chi connectivity index (χ1) is 15.7. The predicted octanol–water partition coefficient (Wildman–Crippen LogP) is 2.73.